The van der Waals surface area contributed by atoms with E-state index in [1.807, 2.05) is 6.07 Å². The highest BCUT2D eigenvalue weighted by Crippen LogP contribution is 2.29. The van der Waals surface area contributed by atoms with E-state index < -0.39 is 0 Å². The van der Waals surface area contributed by atoms with Gasteiger partial charge in [0.05, 0.1) is 5.02 Å². The van der Waals surface area contributed by atoms with Gasteiger partial charge in [-0.3, -0.25) is 0 Å². The molecule has 0 saturated heterocycles. The molecule has 0 radical (unpaired) electrons. The lowest BCUT2D eigenvalue weighted by atomic mass is 9.94. The number of hydrogen-bond acceptors (Lipinski definition) is 1. The smallest absolute Gasteiger partial charge is 0.0548 e. The van der Waals surface area contributed by atoms with Crippen molar-refractivity contribution in [3.05, 3.63) is 33.3 Å². The maximum Gasteiger partial charge on any atom is 0.0548 e. The van der Waals surface area contributed by atoms with E-state index in [2.05, 4.69) is 54.2 Å². The molecule has 1 nitrogen and oxygen atoms in total. The van der Waals surface area contributed by atoms with Crippen molar-refractivity contribution in [1.29, 1.82) is 0 Å². The van der Waals surface area contributed by atoms with Crippen molar-refractivity contribution in [3.8, 4) is 0 Å². The molecule has 0 aliphatic rings. The van der Waals surface area contributed by atoms with E-state index in [0.717, 1.165) is 22.0 Å². The van der Waals surface area contributed by atoms with Gasteiger partial charge in [-0.05, 0) is 52.5 Å². The summed E-state index contributed by atoms with van der Waals surface area (Å²) in [6, 6.07) is 6.62. The van der Waals surface area contributed by atoms with E-state index in [-0.39, 0.29) is 0 Å². The molecule has 0 aromatic heterocycles. The Morgan fingerprint density at radius 2 is 2.06 bits per heavy atom. The second-order valence-electron chi connectivity index (χ2n) is 4.53. The second-order valence-corrected chi connectivity index (χ2v) is 5.79. The first-order valence-electron chi connectivity index (χ1n) is 6.26. The molecular formula is C14H21BrClN. The van der Waals surface area contributed by atoms with Crippen LogP contribution in [0.2, 0.25) is 5.02 Å². The van der Waals surface area contributed by atoms with Crippen molar-refractivity contribution >= 4 is 27.5 Å². The van der Waals surface area contributed by atoms with E-state index in [1.54, 1.807) is 0 Å². The van der Waals surface area contributed by atoms with Gasteiger partial charge in [0.15, 0.2) is 0 Å². The Labute approximate surface area is 118 Å². The molecule has 3 heteroatoms. The number of halogens is 2. The summed E-state index contributed by atoms with van der Waals surface area (Å²) in [5, 5.41) is 4.32. The zero-order valence-corrected chi connectivity index (χ0v) is 13.1. The summed E-state index contributed by atoms with van der Waals surface area (Å²) in [4.78, 5) is 0. The van der Waals surface area contributed by atoms with Crippen LogP contribution in [0.4, 0.5) is 0 Å². The molecular weight excluding hydrogens is 298 g/mol. The molecule has 96 valence electrons. The van der Waals surface area contributed by atoms with Crippen molar-refractivity contribution in [2.45, 2.75) is 39.7 Å². The quantitative estimate of drug-likeness (QED) is 0.761. The zero-order valence-electron chi connectivity index (χ0n) is 10.8. The highest BCUT2D eigenvalue weighted by Gasteiger charge is 2.14. The molecule has 1 aromatic rings. The minimum Gasteiger partial charge on any atom is -0.310 e. The Kier molecular flexibility index (Phi) is 6.53. The summed E-state index contributed by atoms with van der Waals surface area (Å²) in [7, 11) is 0. The van der Waals surface area contributed by atoms with Gasteiger partial charge in [-0.2, -0.15) is 0 Å². The van der Waals surface area contributed by atoms with Crippen LogP contribution >= 0.6 is 27.5 Å². The maximum absolute atomic E-state index is 6.03. The van der Waals surface area contributed by atoms with E-state index in [4.69, 9.17) is 11.6 Å². The van der Waals surface area contributed by atoms with Crippen LogP contribution in [0.5, 0.6) is 0 Å². The lowest BCUT2D eigenvalue weighted by molar-refractivity contribution is 0.408. The summed E-state index contributed by atoms with van der Waals surface area (Å²) >= 11 is 9.52. The van der Waals surface area contributed by atoms with Crippen LogP contribution in [0, 0.1) is 5.92 Å². The van der Waals surface area contributed by atoms with Crippen molar-refractivity contribution in [1.82, 2.24) is 5.32 Å². The highest BCUT2D eigenvalue weighted by atomic mass is 79.9. The Hall–Kier alpha value is -0.0500. The first kappa shape index (κ1) is 15.0. The van der Waals surface area contributed by atoms with Crippen LogP contribution in [0.1, 0.15) is 45.2 Å². The third-order valence-corrected chi connectivity index (χ3v) is 4.35. The fourth-order valence-corrected chi connectivity index (χ4v) is 2.40. The SMILES string of the molecule is CCNC(CC(C)CC)c1ccc(Cl)c(Br)c1. The Bertz CT molecular complexity index is 354. The van der Waals surface area contributed by atoms with E-state index >= 15 is 0 Å². The van der Waals surface area contributed by atoms with Crippen LogP contribution in [0.15, 0.2) is 22.7 Å². The topological polar surface area (TPSA) is 12.0 Å². The fraction of sp³-hybridized carbons (Fsp3) is 0.571. The molecule has 0 heterocycles. The van der Waals surface area contributed by atoms with Crippen molar-refractivity contribution in [2.24, 2.45) is 5.92 Å². The number of nitrogens with one attached hydrogen (secondary N) is 1. The average molecular weight is 319 g/mol. The molecule has 1 aromatic carbocycles. The van der Waals surface area contributed by atoms with Gasteiger partial charge < -0.3 is 5.32 Å². The van der Waals surface area contributed by atoms with Crippen LogP contribution in [-0.4, -0.2) is 6.54 Å². The summed E-state index contributed by atoms with van der Waals surface area (Å²) in [6.45, 7) is 7.68. The van der Waals surface area contributed by atoms with Crippen molar-refractivity contribution < 1.29 is 0 Å². The van der Waals surface area contributed by atoms with Crippen molar-refractivity contribution in [3.63, 3.8) is 0 Å². The second kappa shape index (κ2) is 7.40. The maximum atomic E-state index is 6.03. The minimum absolute atomic E-state index is 0.420. The van der Waals surface area contributed by atoms with Gasteiger partial charge in [0, 0.05) is 10.5 Å². The molecule has 1 N–H and O–H groups in total. The third kappa shape index (κ3) is 4.61. The minimum atomic E-state index is 0.420. The van der Waals surface area contributed by atoms with E-state index in [1.165, 1.54) is 18.4 Å². The summed E-state index contributed by atoms with van der Waals surface area (Å²) < 4.78 is 0.976. The van der Waals surface area contributed by atoms with Crippen LogP contribution < -0.4 is 5.32 Å². The first-order chi connectivity index (χ1) is 8.08. The molecule has 0 aliphatic heterocycles. The predicted octanol–water partition coefficient (Wildman–Crippen LogP) is 5.19. The largest absolute Gasteiger partial charge is 0.310 e. The van der Waals surface area contributed by atoms with Crippen molar-refractivity contribution in [2.75, 3.05) is 6.54 Å². The molecule has 1 rings (SSSR count). The van der Waals surface area contributed by atoms with Gasteiger partial charge in [0.25, 0.3) is 0 Å². The van der Waals surface area contributed by atoms with Crippen LogP contribution in [0.25, 0.3) is 0 Å². The summed E-state index contributed by atoms with van der Waals surface area (Å²) in [5.74, 6) is 0.730. The molecule has 0 amide bonds. The van der Waals surface area contributed by atoms with Gasteiger partial charge in [0.1, 0.15) is 0 Å². The molecule has 0 bridgehead atoms. The Morgan fingerprint density at radius 3 is 2.59 bits per heavy atom. The zero-order chi connectivity index (χ0) is 12.8. The molecule has 0 saturated carbocycles. The lowest BCUT2D eigenvalue weighted by Gasteiger charge is -2.22. The monoisotopic (exact) mass is 317 g/mol. The number of benzene rings is 1. The fourth-order valence-electron chi connectivity index (χ4n) is 1.88. The normalized spacial score (nSPS) is 14.6. The van der Waals surface area contributed by atoms with Gasteiger partial charge in [0.2, 0.25) is 0 Å². The molecule has 0 aliphatic carbocycles. The predicted molar refractivity (Wildman–Crippen MR) is 79.6 cm³/mol. The highest BCUT2D eigenvalue weighted by molar-refractivity contribution is 9.10. The summed E-state index contributed by atoms with van der Waals surface area (Å²) in [6.07, 6.45) is 2.38. The van der Waals surface area contributed by atoms with Gasteiger partial charge in [-0.15, -0.1) is 0 Å². The molecule has 2 unspecified atom stereocenters. The summed E-state index contributed by atoms with van der Waals surface area (Å²) in [5.41, 5.74) is 1.31. The molecule has 0 spiro atoms. The third-order valence-electron chi connectivity index (χ3n) is 3.13. The Balaban J connectivity index is 2.84. The molecule has 17 heavy (non-hydrogen) atoms. The van der Waals surface area contributed by atoms with Crippen LogP contribution in [-0.2, 0) is 0 Å². The average Bonchev–Trinajstić information content (AvgIpc) is 2.32. The lowest BCUT2D eigenvalue weighted by Crippen LogP contribution is -2.22. The van der Waals surface area contributed by atoms with Crippen LogP contribution in [0.3, 0.4) is 0 Å². The van der Waals surface area contributed by atoms with E-state index in [0.29, 0.717) is 6.04 Å². The molecule has 2 atom stereocenters. The first-order valence-corrected chi connectivity index (χ1v) is 7.43. The van der Waals surface area contributed by atoms with Gasteiger partial charge in [-0.25, -0.2) is 0 Å². The Morgan fingerprint density at radius 1 is 1.35 bits per heavy atom. The number of hydrogen-bond donors (Lipinski definition) is 1. The van der Waals surface area contributed by atoms with Gasteiger partial charge in [-0.1, -0.05) is 44.9 Å². The molecule has 0 fully saturated rings. The number of rotatable bonds is 6. The van der Waals surface area contributed by atoms with Gasteiger partial charge >= 0.3 is 0 Å². The standard InChI is InChI=1S/C14H21BrClN/c1-4-10(3)8-14(17-5-2)11-6-7-13(16)12(15)9-11/h6-7,9-10,14,17H,4-5,8H2,1-3H3. The van der Waals surface area contributed by atoms with E-state index in [9.17, 15) is 0 Å².